The van der Waals surface area contributed by atoms with Crippen molar-refractivity contribution in [3.05, 3.63) is 52.7 Å². The number of ketones is 1. The topological polar surface area (TPSA) is 66.9 Å². The van der Waals surface area contributed by atoms with Gasteiger partial charge in [0.15, 0.2) is 17.4 Å². The number of carbonyl (C=O) groups excluding carboxylic acids is 1. The first-order chi connectivity index (χ1) is 9.51. The lowest BCUT2D eigenvalue weighted by atomic mass is 10.00. The maximum atomic E-state index is 13.3. The van der Waals surface area contributed by atoms with Crippen molar-refractivity contribution in [1.29, 1.82) is 5.26 Å². The summed E-state index contributed by atoms with van der Waals surface area (Å²) in [6.07, 6.45) is 0.0377. The fourth-order valence-electron chi connectivity index (χ4n) is 2.43. The van der Waals surface area contributed by atoms with Crippen LogP contribution in [-0.2, 0) is 0 Å². The molecule has 2 aromatic rings. The van der Waals surface area contributed by atoms with Crippen LogP contribution in [0.3, 0.4) is 0 Å². The number of fused-ring (bicyclic) bond motifs is 2. The van der Waals surface area contributed by atoms with Crippen LogP contribution >= 0.6 is 0 Å². The van der Waals surface area contributed by atoms with Gasteiger partial charge >= 0.3 is 0 Å². The third kappa shape index (κ3) is 1.66. The molecule has 0 saturated heterocycles. The Morgan fingerprint density at radius 2 is 1.65 bits per heavy atom. The second-order valence-corrected chi connectivity index (χ2v) is 4.62. The molecular weight excluding hydrogens is 262 g/mol. The van der Waals surface area contributed by atoms with Crippen molar-refractivity contribution in [1.82, 2.24) is 0 Å². The van der Waals surface area contributed by atoms with Gasteiger partial charge in [-0.3, -0.25) is 4.79 Å². The third-order valence-corrected chi connectivity index (χ3v) is 3.42. The maximum Gasteiger partial charge on any atom is 0.167 e. The fourth-order valence-corrected chi connectivity index (χ4v) is 2.43. The van der Waals surface area contributed by atoms with E-state index in [1.54, 1.807) is 6.07 Å². The number of rotatable bonds is 0. The molecule has 2 N–H and O–H groups in total. The molecule has 3 nitrogen and oxygen atoms in total. The Bertz CT molecular complexity index is 847. The molecule has 0 atom stereocenters. The predicted octanol–water partition coefficient (Wildman–Crippen LogP) is 2.90. The van der Waals surface area contributed by atoms with Gasteiger partial charge in [0.2, 0.25) is 0 Å². The molecule has 20 heavy (non-hydrogen) atoms. The number of Topliss-reactive ketones (excluding diaryl/α,β-unsaturated/α-hetero) is 1. The van der Waals surface area contributed by atoms with Gasteiger partial charge in [-0.15, -0.1) is 0 Å². The SMILES string of the molecule is N#C/C(N)=C1/CC(=O)c2cc3cc(F)c(F)cc3cc21. The summed E-state index contributed by atoms with van der Waals surface area (Å²) in [6, 6.07) is 6.99. The van der Waals surface area contributed by atoms with Crippen LogP contribution in [0.1, 0.15) is 22.3 Å². The minimum atomic E-state index is -0.963. The Morgan fingerprint density at radius 3 is 2.20 bits per heavy atom. The van der Waals surface area contributed by atoms with Crippen molar-refractivity contribution in [3.63, 3.8) is 0 Å². The van der Waals surface area contributed by atoms with Gasteiger partial charge in [-0.05, 0) is 40.6 Å². The molecule has 98 valence electrons. The van der Waals surface area contributed by atoms with Gasteiger partial charge in [0.25, 0.3) is 0 Å². The van der Waals surface area contributed by atoms with E-state index in [2.05, 4.69) is 0 Å². The number of nitrogens with two attached hydrogens (primary N) is 1. The summed E-state index contributed by atoms with van der Waals surface area (Å²) in [5.74, 6) is -2.10. The van der Waals surface area contributed by atoms with Crippen molar-refractivity contribution >= 4 is 22.1 Å². The van der Waals surface area contributed by atoms with E-state index in [9.17, 15) is 13.6 Å². The van der Waals surface area contributed by atoms with Gasteiger partial charge in [0, 0.05) is 17.6 Å². The first-order valence-electron chi connectivity index (χ1n) is 5.86. The molecule has 0 aromatic heterocycles. The van der Waals surface area contributed by atoms with Crippen LogP contribution in [0.25, 0.3) is 16.3 Å². The van der Waals surface area contributed by atoms with Crippen LogP contribution in [0.15, 0.2) is 30.0 Å². The lowest BCUT2D eigenvalue weighted by Crippen LogP contribution is -1.97. The molecular formula is C15H8F2N2O. The molecule has 2 aromatic carbocycles. The summed E-state index contributed by atoms with van der Waals surface area (Å²) in [7, 11) is 0. The maximum absolute atomic E-state index is 13.3. The molecule has 0 heterocycles. The third-order valence-electron chi connectivity index (χ3n) is 3.42. The van der Waals surface area contributed by atoms with Crippen LogP contribution in [0.4, 0.5) is 8.78 Å². The number of allylic oxidation sites excluding steroid dienone is 2. The van der Waals surface area contributed by atoms with Crippen LogP contribution in [0.2, 0.25) is 0 Å². The minimum Gasteiger partial charge on any atom is -0.390 e. The summed E-state index contributed by atoms with van der Waals surface area (Å²) in [5.41, 5.74) is 6.91. The predicted molar refractivity (Wildman–Crippen MR) is 69.5 cm³/mol. The number of nitrogens with zero attached hydrogens (tertiary/aromatic N) is 1. The van der Waals surface area contributed by atoms with Crippen molar-refractivity contribution in [2.24, 2.45) is 5.73 Å². The number of halogens is 2. The van der Waals surface area contributed by atoms with E-state index in [1.165, 1.54) is 6.07 Å². The first kappa shape index (κ1) is 12.3. The zero-order chi connectivity index (χ0) is 14.4. The Labute approximate surface area is 112 Å². The average molecular weight is 270 g/mol. The zero-order valence-electron chi connectivity index (χ0n) is 10.2. The highest BCUT2D eigenvalue weighted by molar-refractivity contribution is 6.14. The van der Waals surface area contributed by atoms with E-state index in [-0.39, 0.29) is 17.9 Å². The molecule has 0 fully saturated rings. The Hall–Kier alpha value is -2.74. The molecule has 0 aliphatic heterocycles. The fraction of sp³-hybridized carbons (Fsp3) is 0.0667. The highest BCUT2D eigenvalue weighted by Crippen LogP contribution is 2.36. The molecule has 3 rings (SSSR count). The van der Waals surface area contributed by atoms with E-state index >= 15 is 0 Å². The number of benzene rings is 2. The lowest BCUT2D eigenvalue weighted by Gasteiger charge is -2.05. The van der Waals surface area contributed by atoms with E-state index in [4.69, 9.17) is 11.0 Å². The van der Waals surface area contributed by atoms with Gasteiger partial charge in [-0.25, -0.2) is 8.78 Å². The highest BCUT2D eigenvalue weighted by atomic mass is 19.2. The molecule has 0 saturated carbocycles. The monoisotopic (exact) mass is 270 g/mol. The molecule has 0 bridgehead atoms. The summed E-state index contributed by atoms with van der Waals surface area (Å²) in [4.78, 5) is 11.9. The summed E-state index contributed by atoms with van der Waals surface area (Å²) >= 11 is 0. The van der Waals surface area contributed by atoms with Crippen molar-refractivity contribution < 1.29 is 13.6 Å². The van der Waals surface area contributed by atoms with Gasteiger partial charge in [-0.1, -0.05) is 0 Å². The van der Waals surface area contributed by atoms with Gasteiger partial charge in [-0.2, -0.15) is 5.26 Å². The van der Waals surface area contributed by atoms with E-state index in [0.29, 0.717) is 27.5 Å². The van der Waals surface area contributed by atoms with Crippen LogP contribution in [-0.4, -0.2) is 5.78 Å². The van der Waals surface area contributed by atoms with E-state index in [0.717, 1.165) is 12.1 Å². The zero-order valence-corrected chi connectivity index (χ0v) is 10.2. The van der Waals surface area contributed by atoms with Gasteiger partial charge in [0.1, 0.15) is 11.8 Å². The van der Waals surface area contributed by atoms with Crippen LogP contribution < -0.4 is 5.73 Å². The second-order valence-electron chi connectivity index (χ2n) is 4.62. The number of hydrogen-bond donors (Lipinski definition) is 1. The molecule has 1 aliphatic carbocycles. The van der Waals surface area contributed by atoms with Gasteiger partial charge in [0.05, 0.1) is 0 Å². The summed E-state index contributed by atoms with van der Waals surface area (Å²) in [5, 5.41) is 9.74. The van der Waals surface area contributed by atoms with Crippen molar-refractivity contribution in [2.75, 3.05) is 0 Å². The Kier molecular flexibility index (Phi) is 2.54. The van der Waals surface area contributed by atoms with Gasteiger partial charge < -0.3 is 5.73 Å². The quantitative estimate of drug-likeness (QED) is 0.748. The standard InChI is InChI=1S/C15H8F2N2O/c16-12-3-7-1-9-10(14(19)6-18)5-15(20)11(9)2-8(7)4-13(12)17/h1-4H,5,19H2/b14-10+. The van der Waals surface area contributed by atoms with Crippen LogP contribution in [0, 0.1) is 23.0 Å². The number of hydrogen-bond acceptors (Lipinski definition) is 3. The van der Waals surface area contributed by atoms with Crippen LogP contribution in [0.5, 0.6) is 0 Å². The highest BCUT2D eigenvalue weighted by Gasteiger charge is 2.27. The summed E-state index contributed by atoms with van der Waals surface area (Å²) in [6.45, 7) is 0. The minimum absolute atomic E-state index is 0.0287. The largest absolute Gasteiger partial charge is 0.390 e. The average Bonchev–Trinajstić information content (AvgIpc) is 2.74. The molecule has 1 aliphatic rings. The smallest absolute Gasteiger partial charge is 0.167 e. The van der Waals surface area contributed by atoms with E-state index in [1.807, 2.05) is 6.07 Å². The second kappa shape index (κ2) is 4.14. The summed E-state index contributed by atoms with van der Waals surface area (Å²) < 4.78 is 26.5. The first-order valence-corrected chi connectivity index (χ1v) is 5.86. The molecule has 0 spiro atoms. The number of nitriles is 1. The van der Waals surface area contributed by atoms with Crippen molar-refractivity contribution in [2.45, 2.75) is 6.42 Å². The molecule has 0 amide bonds. The molecule has 0 unspecified atom stereocenters. The Balaban J connectivity index is 2.36. The Morgan fingerprint density at radius 1 is 1.10 bits per heavy atom. The van der Waals surface area contributed by atoms with E-state index < -0.39 is 11.6 Å². The molecule has 0 radical (unpaired) electrons. The number of carbonyl (C=O) groups is 1. The van der Waals surface area contributed by atoms with Crippen molar-refractivity contribution in [3.8, 4) is 6.07 Å². The lowest BCUT2D eigenvalue weighted by molar-refractivity contribution is 0.100. The molecule has 5 heteroatoms. The normalized spacial score (nSPS) is 16.1.